The van der Waals surface area contributed by atoms with Crippen LogP contribution in [0.4, 0.5) is 0 Å². The van der Waals surface area contributed by atoms with E-state index in [0.717, 1.165) is 33.4 Å². The molecule has 3 aromatic rings. The standard InChI is InChI=1S/C17H18N2O2S.ClH/c1-12-6-7-15-16(10-12)19-17(18-15)22-9-8-21-14-5-3-4-13(11-14)20-2;/h3-7,10-11H,8-9H2,1-2H3,(H,18,19);1H. The zero-order chi connectivity index (χ0) is 15.4. The number of nitrogens with zero attached hydrogens (tertiary/aromatic N) is 1. The number of H-pyrrole nitrogens is 1. The van der Waals surface area contributed by atoms with Crippen LogP contribution in [0.2, 0.25) is 0 Å². The Hall–Kier alpha value is -1.85. The zero-order valence-electron chi connectivity index (χ0n) is 13.0. The van der Waals surface area contributed by atoms with Gasteiger partial charge in [0, 0.05) is 11.8 Å². The molecule has 1 aromatic heterocycles. The number of aromatic nitrogens is 2. The van der Waals surface area contributed by atoms with E-state index in [1.165, 1.54) is 5.56 Å². The fourth-order valence-corrected chi connectivity index (χ4v) is 2.86. The third-order valence-corrected chi connectivity index (χ3v) is 4.09. The van der Waals surface area contributed by atoms with Gasteiger partial charge in [0.05, 0.1) is 24.8 Å². The van der Waals surface area contributed by atoms with E-state index in [9.17, 15) is 0 Å². The number of nitrogens with one attached hydrogen (secondary N) is 1. The topological polar surface area (TPSA) is 47.1 Å². The molecular weight excluding hydrogens is 332 g/mol. The summed E-state index contributed by atoms with van der Waals surface area (Å²) < 4.78 is 10.9. The normalized spacial score (nSPS) is 10.3. The number of thioether (sulfide) groups is 1. The van der Waals surface area contributed by atoms with Crippen LogP contribution in [0.5, 0.6) is 11.5 Å². The van der Waals surface area contributed by atoms with Gasteiger partial charge in [0.1, 0.15) is 11.5 Å². The Morgan fingerprint density at radius 2 is 1.96 bits per heavy atom. The molecule has 0 bridgehead atoms. The van der Waals surface area contributed by atoms with Crippen molar-refractivity contribution in [3.8, 4) is 11.5 Å². The fraction of sp³-hybridized carbons (Fsp3) is 0.235. The molecule has 0 saturated heterocycles. The summed E-state index contributed by atoms with van der Waals surface area (Å²) >= 11 is 1.66. The van der Waals surface area contributed by atoms with Crippen molar-refractivity contribution < 1.29 is 9.47 Å². The first-order valence-corrected chi connectivity index (χ1v) is 8.09. The summed E-state index contributed by atoms with van der Waals surface area (Å²) in [6.07, 6.45) is 0. The van der Waals surface area contributed by atoms with Gasteiger partial charge in [-0.2, -0.15) is 0 Å². The van der Waals surface area contributed by atoms with E-state index < -0.39 is 0 Å². The number of aryl methyl sites for hydroxylation is 1. The molecule has 0 aliphatic heterocycles. The number of benzene rings is 2. The van der Waals surface area contributed by atoms with Crippen molar-refractivity contribution in [3.63, 3.8) is 0 Å². The summed E-state index contributed by atoms with van der Waals surface area (Å²) in [5.41, 5.74) is 3.31. The molecule has 0 amide bonds. The zero-order valence-corrected chi connectivity index (χ0v) is 14.7. The van der Waals surface area contributed by atoms with Crippen molar-refractivity contribution in [2.45, 2.75) is 12.1 Å². The van der Waals surface area contributed by atoms with E-state index in [2.05, 4.69) is 29.0 Å². The predicted molar refractivity (Wildman–Crippen MR) is 97.3 cm³/mol. The average molecular weight is 351 g/mol. The van der Waals surface area contributed by atoms with Crippen LogP contribution >= 0.6 is 24.2 Å². The molecule has 0 aliphatic rings. The van der Waals surface area contributed by atoms with Crippen LogP contribution in [0.25, 0.3) is 11.0 Å². The summed E-state index contributed by atoms with van der Waals surface area (Å²) in [4.78, 5) is 7.89. The molecule has 1 N–H and O–H groups in total. The van der Waals surface area contributed by atoms with E-state index in [0.29, 0.717) is 6.61 Å². The minimum atomic E-state index is 0. The smallest absolute Gasteiger partial charge is 0.166 e. The molecule has 0 fully saturated rings. The highest BCUT2D eigenvalue weighted by atomic mass is 35.5. The van der Waals surface area contributed by atoms with E-state index >= 15 is 0 Å². The van der Waals surface area contributed by atoms with Crippen molar-refractivity contribution in [3.05, 3.63) is 48.0 Å². The van der Waals surface area contributed by atoms with Gasteiger partial charge >= 0.3 is 0 Å². The van der Waals surface area contributed by atoms with Gasteiger partial charge in [-0.3, -0.25) is 0 Å². The summed E-state index contributed by atoms with van der Waals surface area (Å²) in [7, 11) is 1.65. The van der Waals surface area contributed by atoms with Crippen LogP contribution in [-0.2, 0) is 0 Å². The van der Waals surface area contributed by atoms with Gasteiger partial charge in [-0.25, -0.2) is 4.98 Å². The number of methoxy groups -OCH3 is 1. The lowest BCUT2D eigenvalue weighted by Crippen LogP contribution is -2.00. The molecular formula is C17H19ClN2O2S. The maximum atomic E-state index is 5.72. The van der Waals surface area contributed by atoms with Crippen molar-refractivity contribution in [1.29, 1.82) is 0 Å². The van der Waals surface area contributed by atoms with E-state index in [1.54, 1.807) is 18.9 Å². The van der Waals surface area contributed by atoms with Crippen molar-refractivity contribution in [2.75, 3.05) is 19.5 Å². The lowest BCUT2D eigenvalue weighted by atomic mass is 10.2. The number of halogens is 1. The van der Waals surface area contributed by atoms with Gasteiger partial charge in [0.15, 0.2) is 5.16 Å². The molecule has 0 radical (unpaired) electrons. The largest absolute Gasteiger partial charge is 0.497 e. The lowest BCUT2D eigenvalue weighted by molar-refractivity contribution is 0.339. The third-order valence-electron chi connectivity index (χ3n) is 3.25. The Kier molecular flexibility index (Phi) is 6.19. The second kappa shape index (κ2) is 8.13. The minimum Gasteiger partial charge on any atom is -0.497 e. The van der Waals surface area contributed by atoms with Crippen LogP contribution in [-0.4, -0.2) is 29.4 Å². The molecule has 0 aliphatic carbocycles. The van der Waals surface area contributed by atoms with E-state index in [1.807, 2.05) is 30.3 Å². The molecule has 4 nitrogen and oxygen atoms in total. The maximum absolute atomic E-state index is 5.72. The van der Waals surface area contributed by atoms with Gasteiger partial charge in [0.2, 0.25) is 0 Å². The second-order valence-electron chi connectivity index (χ2n) is 4.94. The molecule has 0 spiro atoms. The quantitative estimate of drug-likeness (QED) is 0.526. The number of aromatic amines is 1. The molecule has 122 valence electrons. The third kappa shape index (κ3) is 4.56. The molecule has 1 heterocycles. The van der Waals surface area contributed by atoms with Crippen molar-refractivity contribution >= 4 is 35.2 Å². The first-order valence-electron chi connectivity index (χ1n) is 7.10. The molecule has 0 saturated carbocycles. The van der Waals surface area contributed by atoms with Crippen LogP contribution in [0.15, 0.2) is 47.6 Å². The Morgan fingerprint density at radius 1 is 1.13 bits per heavy atom. The Balaban J connectivity index is 0.00000192. The number of ether oxygens (including phenoxy) is 2. The Bertz CT molecular complexity index is 776. The van der Waals surface area contributed by atoms with Gasteiger partial charge in [-0.15, -0.1) is 12.4 Å². The highest BCUT2D eigenvalue weighted by molar-refractivity contribution is 7.99. The molecule has 2 aromatic carbocycles. The van der Waals surface area contributed by atoms with Gasteiger partial charge in [-0.1, -0.05) is 23.9 Å². The van der Waals surface area contributed by atoms with E-state index in [-0.39, 0.29) is 12.4 Å². The van der Waals surface area contributed by atoms with Crippen molar-refractivity contribution in [2.24, 2.45) is 0 Å². The van der Waals surface area contributed by atoms with Crippen LogP contribution in [0, 0.1) is 6.92 Å². The van der Waals surface area contributed by atoms with Crippen LogP contribution in [0.1, 0.15) is 5.56 Å². The highest BCUT2D eigenvalue weighted by Crippen LogP contribution is 2.22. The summed E-state index contributed by atoms with van der Waals surface area (Å²) in [6, 6.07) is 13.9. The number of hydrogen-bond acceptors (Lipinski definition) is 4. The number of fused-ring (bicyclic) bond motifs is 1. The van der Waals surface area contributed by atoms with Gasteiger partial charge < -0.3 is 14.5 Å². The average Bonchev–Trinajstić information content (AvgIpc) is 2.93. The van der Waals surface area contributed by atoms with Crippen LogP contribution < -0.4 is 9.47 Å². The summed E-state index contributed by atoms with van der Waals surface area (Å²) in [5.74, 6) is 2.45. The minimum absolute atomic E-state index is 0. The molecule has 6 heteroatoms. The predicted octanol–water partition coefficient (Wildman–Crippen LogP) is 4.47. The number of hydrogen-bond donors (Lipinski definition) is 1. The highest BCUT2D eigenvalue weighted by Gasteiger charge is 2.04. The first kappa shape index (κ1) is 17.5. The number of rotatable bonds is 6. The fourth-order valence-electron chi connectivity index (χ4n) is 2.16. The second-order valence-corrected chi connectivity index (χ2v) is 6.02. The summed E-state index contributed by atoms with van der Waals surface area (Å²) in [5, 5.41) is 0.926. The van der Waals surface area contributed by atoms with Gasteiger partial charge in [0.25, 0.3) is 0 Å². The monoisotopic (exact) mass is 350 g/mol. The number of imidazole rings is 1. The Labute approximate surface area is 146 Å². The van der Waals surface area contributed by atoms with Gasteiger partial charge in [-0.05, 0) is 36.8 Å². The molecule has 3 rings (SSSR count). The molecule has 0 unspecified atom stereocenters. The lowest BCUT2D eigenvalue weighted by Gasteiger charge is -2.06. The van der Waals surface area contributed by atoms with E-state index in [4.69, 9.17) is 9.47 Å². The maximum Gasteiger partial charge on any atom is 0.166 e. The first-order chi connectivity index (χ1) is 10.7. The summed E-state index contributed by atoms with van der Waals surface area (Å²) in [6.45, 7) is 2.70. The Morgan fingerprint density at radius 3 is 2.78 bits per heavy atom. The SMILES string of the molecule is COc1cccc(OCCSc2nc3ccc(C)cc3[nH]2)c1.Cl. The molecule has 0 atom stereocenters. The van der Waals surface area contributed by atoms with Crippen LogP contribution in [0.3, 0.4) is 0 Å². The molecule has 23 heavy (non-hydrogen) atoms. The van der Waals surface area contributed by atoms with Crippen molar-refractivity contribution in [1.82, 2.24) is 9.97 Å².